The minimum atomic E-state index is -0.456. The molecule has 21 heavy (non-hydrogen) atoms. The zero-order valence-electron chi connectivity index (χ0n) is 11.1. The molecule has 2 aromatic carbocycles. The minimum Gasteiger partial charge on any atom is -0.493 e. The predicted molar refractivity (Wildman–Crippen MR) is 80.3 cm³/mol. The quantitative estimate of drug-likeness (QED) is 0.613. The van der Waals surface area contributed by atoms with Gasteiger partial charge in [0, 0.05) is 10.4 Å². The number of aromatic hydroxyl groups is 1. The van der Waals surface area contributed by atoms with Gasteiger partial charge in [0.05, 0.1) is 11.2 Å². The maximum absolute atomic E-state index is 13.6. The molecule has 0 atom stereocenters. The molecule has 3 aromatic rings. The fourth-order valence-corrected chi connectivity index (χ4v) is 2.18. The van der Waals surface area contributed by atoms with Crippen LogP contribution in [-0.4, -0.2) is 10.1 Å². The van der Waals surface area contributed by atoms with Crippen molar-refractivity contribution >= 4 is 33.9 Å². The first-order chi connectivity index (χ1) is 10.1. The molecule has 0 aliphatic heterocycles. The fourth-order valence-electron chi connectivity index (χ4n) is 2.01. The van der Waals surface area contributed by atoms with Gasteiger partial charge in [-0.25, -0.2) is 4.39 Å². The van der Waals surface area contributed by atoms with Gasteiger partial charge in [-0.3, -0.25) is 0 Å². The molecule has 2 N–H and O–H groups in total. The Morgan fingerprint density at radius 3 is 2.76 bits per heavy atom. The first kappa shape index (κ1) is 13.6. The van der Waals surface area contributed by atoms with Crippen LogP contribution in [0, 0.1) is 12.7 Å². The monoisotopic (exact) mass is 303 g/mol. The van der Waals surface area contributed by atoms with Crippen molar-refractivity contribution < 1.29 is 9.50 Å². The van der Waals surface area contributed by atoms with Crippen LogP contribution in [0.25, 0.3) is 10.9 Å². The molecule has 106 valence electrons. The van der Waals surface area contributed by atoms with Crippen molar-refractivity contribution in [2.75, 3.05) is 0 Å². The van der Waals surface area contributed by atoms with Gasteiger partial charge in [0.2, 0.25) is 5.88 Å². The van der Waals surface area contributed by atoms with Crippen LogP contribution in [0.5, 0.6) is 5.88 Å². The number of rotatable bonds is 2. The summed E-state index contributed by atoms with van der Waals surface area (Å²) < 4.78 is 13.6. The van der Waals surface area contributed by atoms with Gasteiger partial charge in [-0.2, -0.15) is 5.11 Å². The Balaban J connectivity index is 2.05. The van der Waals surface area contributed by atoms with Crippen molar-refractivity contribution in [3.63, 3.8) is 0 Å². The van der Waals surface area contributed by atoms with Gasteiger partial charge in [-0.05, 0) is 30.7 Å². The molecular weight excluding hydrogens is 293 g/mol. The molecular formula is C15H11ClFN3O. The first-order valence-corrected chi connectivity index (χ1v) is 6.61. The standard InChI is InChI=1S/C15H11ClFN3O/c1-8-5-6-9(7-11(8)16)19-20-14-10-3-2-4-12(17)13(10)18-15(14)21/h2-7,18,21H,1H3. The van der Waals surface area contributed by atoms with Gasteiger partial charge in [0.25, 0.3) is 0 Å². The average molecular weight is 304 g/mol. The lowest BCUT2D eigenvalue weighted by Crippen LogP contribution is -1.74. The van der Waals surface area contributed by atoms with Crippen LogP contribution in [-0.2, 0) is 0 Å². The summed E-state index contributed by atoms with van der Waals surface area (Å²) in [5, 5.41) is 18.9. The van der Waals surface area contributed by atoms with Gasteiger partial charge in [0.15, 0.2) is 5.69 Å². The van der Waals surface area contributed by atoms with Gasteiger partial charge < -0.3 is 10.1 Å². The van der Waals surface area contributed by atoms with E-state index in [4.69, 9.17) is 11.6 Å². The van der Waals surface area contributed by atoms with E-state index in [-0.39, 0.29) is 17.1 Å². The molecule has 1 heterocycles. The number of aromatic nitrogens is 1. The highest BCUT2D eigenvalue weighted by molar-refractivity contribution is 6.31. The molecule has 0 fully saturated rings. The summed E-state index contributed by atoms with van der Waals surface area (Å²) in [6.07, 6.45) is 0. The first-order valence-electron chi connectivity index (χ1n) is 6.23. The van der Waals surface area contributed by atoms with Crippen molar-refractivity contribution in [2.45, 2.75) is 6.92 Å². The van der Waals surface area contributed by atoms with Crippen molar-refractivity contribution in [3.05, 3.63) is 52.8 Å². The molecule has 0 aliphatic rings. The van der Waals surface area contributed by atoms with Crippen molar-refractivity contribution in [1.29, 1.82) is 0 Å². The third-order valence-electron chi connectivity index (χ3n) is 3.16. The van der Waals surface area contributed by atoms with Gasteiger partial charge >= 0.3 is 0 Å². The number of azo groups is 1. The number of aromatic amines is 1. The summed E-state index contributed by atoms with van der Waals surface area (Å²) in [6.45, 7) is 1.89. The van der Waals surface area contributed by atoms with E-state index in [9.17, 15) is 9.50 Å². The van der Waals surface area contributed by atoms with Crippen LogP contribution in [0.2, 0.25) is 5.02 Å². The Labute approximate surface area is 124 Å². The summed E-state index contributed by atoms with van der Waals surface area (Å²) >= 11 is 6.01. The Bertz CT molecular complexity index is 857. The second-order valence-corrected chi connectivity index (χ2v) is 5.03. The van der Waals surface area contributed by atoms with E-state index >= 15 is 0 Å². The summed E-state index contributed by atoms with van der Waals surface area (Å²) in [4.78, 5) is 2.55. The minimum absolute atomic E-state index is 0.196. The molecule has 0 saturated carbocycles. The lowest BCUT2D eigenvalue weighted by Gasteiger charge is -1.98. The number of aryl methyl sites for hydroxylation is 1. The second kappa shape index (κ2) is 5.18. The zero-order chi connectivity index (χ0) is 15.0. The van der Waals surface area contributed by atoms with E-state index in [1.165, 1.54) is 6.07 Å². The molecule has 0 amide bonds. The van der Waals surface area contributed by atoms with Crippen LogP contribution in [0.3, 0.4) is 0 Å². The molecule has 0 spiro atoms. The largest absolute Gasteiger partial charge is 0.493 e. The van der Waals surface area contributed by atoms with E-state index in [2.05, 4.69) is 15.2 Å². The second-order valence-electron chi connectivity index (χ2n) is 4.62. The Kier molecular flexibility index (Phi) is 3.35. The number of benzene rings is 2. The predicted octanol–water partition coefficient (Wildman–Crippen LogP) is 5.39. The molecule has 0 radical (unpaired) electrons. The highest BCUT2D eigenvalue weighted by Gasteiger charge is 2.13. The maximum Gasteiger partial charge on any atom is 0.218 e. The molecule has 0 unspecified atom stereocenters. The van der Waals surface area contributed by atoms with Crippen LogP contribution < -0.4 is 0 Å². The molecule has 3 rings (SSSR count). The smallest absolute Gasteiger partial charge is 0.218 e. The third kappa shape index (κ3) is 2.48. The van der Waals surface area contributed by atoms with Crippen LogP contribution >= 0.6 is 11.6 Å². The SMILES string of the molecule is Cc1ccc(N=Nc2c(O)[nH]c3c(F)cccc23)cc1Cl. The van der Waals surface area contributed by atoms with Crippen molar-refractivity contribution in [3.8, 4) is 5.88 Å². The number of para-hydroxylation sites is 1. The Hall–Kier alpha value is -2.40. The van der Waals surface area contributed by atoms with Gasteiger partial charge in [-0.15, -0.1) is 5.11 Å². The van der Waals surface area contributed by atoms with E-state index < -0.39 is 5.82 Å². The van der Waals surface area contributed by atoms with Crippen molar-refractivity contribution in [1.82, 2.24) is 4.98 Å². The van der Waals surface area contributed by atoms with Gasteiger partial charge in [0.1, 0.15) is 5.82 Å². The molecule has 0 aliphatic carbocycles. The Morgan fingerprint density at radius 1 is 1.19 bits per heavy atom. The lowest BCUT2D eigenvalue weighted by molar-refractivity contribution is 0.459. The van der Waals surface area contributed by atoms with E-state index in [1.54, 1.807) is 24.3 Å². The number of nitrogens with one attached hydrogen (secondary N) is 1. The number of hydrogen-bond donors (Lipinski definition) is 2. The average Bonchev–Trinajstić information content (AvgIpc) is 2.78. The van der Waals surface area contributed by atoms with Gasteiger partial charge in [-0.1, -0.05) is 29.8 Å². The summed E-state index contributed by atoms with van der Waals surface area (Å²) in [5.74, 6) is -0.681. The highest BCUT2D eigenvalue weighted by atomic mass is 35.5. The molecule has 6 heteroatoms. The number of nitrogens with zero attached hydrogens (tertiary/aromatic N) is 2. The molecule has 0 saturated heterocycles. The zero-order valence-corrected chi connectivity index (χ0v) is 11.8. The van der Waals surface area contributed by atoms with Crippen LogP contribution in [0.15, 0.2) is 46.6 Å². The normalized spacial score (nSPS) is 11.6. The number of hydrogen-bond acceptors (Lipinski definition) is 3. The highest BCUT2D eigenvalue weighted by Crippen LogP contribution is 2.37. The summed E-state index contributed by atoms with van der Waals surface area (Å²) in [5.41, 5.74) is 1.88. The number of halogens is 2. The number of fused-ring (bicyclic) bond motifs is 1. The van der Waals surface area contributed by atoms with E-state index in [0.29, 0.717) is 16.1 Å². The summed E-state index contributed by atoms with van der Waals surface area (Å²) in [7, 11) is 0. The lowest BCUT2D eigenvalue weighted by atomic mass is 10.2. The van der Waals surface area contributed by atoms with E-state index in [0.717, 1.165) is 5.56 Å². The third-order valence-corrected chi connectivity index (χ3v) is 3.56. The van der Waals surface area contributed by atoms with E-state index in [1.807, 2.05) is 13.0 Å². The summed E-state index contributed by atoms with van der Waals surface area (Å²) in [6, 6.07) is 9.77. The van der Waals surface area contributed by atoms with Crippen LogP contribution in [0.4, 0.5) is 15.8 Å². The topological polar surface area (TPSA) is 60.7 Å². The maximum atomic E-state index is 13.6. The molecule has 0 bridgehead atoms. The Morgan fingerprint density at radius 2 is 2.00 bits per heavy atom. The van der Waals surface area contributed by atoms with Crippen molar-refractivity contribution in [2.24, 2.45) is 10.2 Å². The molecule has 4 nitrogen and oxygen atoms in total. The van der Waals surface area contributed by atoms with Crippen LogP contribution in [0.1, 0.15) is 5.56 Å². The number of H-pyrrole nitrogens is 1. The fraction of sp³-hybridized carbons (Fsp3) is 0.0667. The molecule has 1 aromatic heterocycles.